The molecular weight excluding hydrogens is 292 g/mol. The first-order chi connectivity index (χ1) is 10.9. The van der Waals surface area contributed by atoms with Gasteiger partial charge >= 0.3 is 0 Å². The fourth-order valence-corrected chi connectivity index (χ4v) is 2.65. The van der Waals surface area contributed by atoms with Crippen LogP contribution in [0.1, 0.15) is 52.5 Å². The average Bonchev–Trinajstić information content (AvgIpc) is 2.74. The van der Waals surface area contributed by atoms with Crippen molar-refractivity contribution in [1.82, 2.24) is 14.5 Å². The lowest BCUT2D eigenvalue weighted by Gasteiger charge is -2.28. The number of ether oxygens (including phenoxy) is 1. The molecule has 6 nitrogen and oxygen atoms in total. The number of rotatable bonds is 5. The molecule has 2 heterocycles. The lowest BCUT2D eigenvalue weighted by Crippen LogP contribution is -2.25. The van der Waals surface area contributed by atoms with Crippen LogP contribution in [0.4, 0.5) is 5.95 Å². The van der Waals surface area contributed by atoms with Crippen molar-refractivity contribution < 1.29 is 9.53 Å². The molecule has 1 N–H and O–H groups in total. The average molecular weight is 316 g/mol. The van der Waals surface area contributed by atoms with Crippen LogP contribution in [0.3, 0.4) is 0 Å². The molecule has 0 bridgehead atoms. The van der Waals surface area contributed by atoms with Gasteiger partial charge < -0.3 is 4.74 Å². The topological polar surface area (TPSA) is 69.0 Å². The first-order valence-corrected chi connectivity index (χ1v) is 8.21. The van der Waals surface area contributed by atoms with Crippen LogP contribution in [0.25, 0.3) is 11.2 Å². The number of nitrogens with one attached hydrogen (secondary N) is 1. The zero-order valence-electron chi connectivity index (χ0n) is 14.0. The van der Waals surface area contributed by atoms with E-state index in [0.29, 0.717) is 25.0 Å². The van der Waals surface area contributed by atoms with Crippen molar-refractivity contribution in [2.75, 3.05) is 11.9 Å². The number of carbonyl (C=O) groups is 1. The number of amides is 1. The van der Waals surface area contributed by atoms with Crippen molar-refractivity contribution in [3.63, 3.8) is 0 Å². The van der Waals surface area contributed by atoms with Crippen molar-refractivity contribution in [3.05, 3.63) is 18.3 Å². The van der Waals surface area contributed by atoms with E-state index < -0.39 is 0 Å². The first kappa shape index (κ1) is 15.9. The molecule has 0 atom stereocenters. The third-order valence-corrected chi connectivity index (χ3v) is 4.00. The van der Waals surface area contributed by atoms with E-state index >= 15 is 0 Å². The summed E-state index contributed by atoms with van der Waals surface area (Å²) in [5.41, 5.74) is 1.43. The number of carbonyl (C=O) groups excluding carboxylic acids is 1. The Bertz CT molecular complexity index is 698. The fraction of sp³-hybridized carbons (Fsp3) is 0.588. The Morgan fingerprint density at radius 2 is 2.22 bits per heavy atom. The maximum atomic E-state index is 12.2. The van der Waals surface area contributed by atoms with Gasteiger partial charge in [-0.15, -0.1) is 0 Å². The Kier molecular flexibility index (Phi) is 4.35. The van der Waals surface area contributed by atoms with Crippen LogP contribution in [-0.4, -0.2) is 32.7 Å². The molecule has 23 heavy (non-hydrogen) atoms. The third kappa shape index (κ3) is 3.69. The monoisotopic (exact) mass is 316 g/mol. The van der Waals surface area contributed by atoms with E-state index in [4.69, 9.17) is 4.74 Å². The van der Waals surface area contributed by atoms with Gasteiger partial charge in [0.25, 0.3) is 0 Å². The number of imidazole rings is 1. The number of anilines is 1. The summed E-state index contributed by atoms with van der Waals surface area (Å²) in [4.78, 5) is 21.2. The molecule has 124 valence electrons. The van der Waals surface area contributed by atoms with Crippen molar-refractivity contribution in [1.29, 1.82) is 0 Å². The molecule has 0 aliphatic heterocycles. The predicted octanol–water partition coefficient (Wildman–Crippen LogP) is 3.30. The van der Waals surface area contributed by atoms with E-state index in [1.165, 1.54) is 6.42 Å². The molecular formula is C17H24N4O2. The molecule has 2 aromatic heterocycles. The van der Waals surface area contributed by atoms with E-state index in [1.54, 1.807) is 6.20 Å². The Morgan fingerprint density at radius 3 is 2.87 bits per heavy atom. The molecule has 1 amide bonds. The van der Waals surface area contributed by atoms with Gasteiger partial charge in [0.05, 0.1) is 18.6 Å². The smallest absolute Gasteiger partial charge is 0.229 e. The molecule has 0 radical (unpaired) electrons. The summed E-state index contributed by atoms with van der Waals surface area (Å²) < 4.78 is 7.68. The zero-order chi connectivity index (χ0) is 16.4. The molecule has 0 spiro atoms. The summed E-state index contributed by atoms with van der Waals surface area (Å²) >= 11 is 0. The quantitative estimate of drug-likeness (QED) is 0.919. The largest absolute Gasteiger partial charge is 0.375 e. The molecule has 6 heteroatoms. The SMILES string of the molecule is CC(C)(C)OCCC(=O)Nc1nc2cccnc2n1C1CCC1. The van der Waals surface area contributed by atoms with Gasteiger partial charge in [0.15, 0.2) is 5.65 Å². The molecule has 0 unspecified atom stereocenters. The lowest BCUT2D eigenvalue weighted by atomic mass is 9.93. The zero-order valence-corrected chi connectivity index (χ0v) is 14.0. The van der Waals surface area contributed by atoms with Crippen molar-refractivity contribution in [2.24, 2.45) is 0 Å². The standard InChI is InChI=1S/C17H24N4O2/c1-17(2,3)23-11-9-14(22)20-16-19-13-8-5-10-18-15(13)21(16)12-6-4-7-12/h5,8,10,12H,4,6-7,9,11H2,1-3H3,(H,19,20,22). The molecule has 2 aromatic rings. The minimum Gasteiger partial charge on any atom is -0.375 e. The highest BCUT2D eigenvalue weighted by molar-refractivity contribution is 5.91. The molecule has 0 aromatic carbocycles. The molecule has 1 aliphatic rings. The van der Waals surface area contributed by atoms with Crippen LogP contribution in [0.2, 0.25) is 0 Å². The van der Waals surface area contributed by atoms with E-state index in [-0.39, 0.29) is 11.5 Å². The highest BCUT2D eigenvalue weighted by Crippen LogP contribution is 2.36. The second kappa shape index (κ2) is 6.28. The number of nitrogens with zero attached hydrogens (tertiary/aromatic N) is 3. The minimum absolute atomic E-state index is 0.0786. The van der Waals surface area contributed by atoms with Gasteiger partial charge in [0.2, 0.25) is 11.9 Å². The fourth-order valence-electron chi connectivity index (χ4n) is 2.65. The Labute approximate surface area is 136 Å². The number of hydrogen-bond acceptors (Lipinski definition) is 4. The second-order valence-electron chi connectivity index (χ2n) is 7.00. The van der Waals surface area contributed by atoms with Gasteiger partial charge in [-0.2, -0.15) is 0 Å². The molecule has 3 rings (SSSR count). The predicted molar refractivity (Wildman–Crippen MR) is 89.4 cm³/mol. The molecule has 0 saturated heterocycles. The van der Waals surface area contributed by atoms with Crippen LogP contribution in [-0.2, 0) is 9.53 Å². The van der Waals surface area contributed by atoms with Gasteiger partial charge in [-0.25, -0.2) is 9.97 Å². The van der Waals surface area contributed by atoms with E-state index in [9.17, 15) is 4.79 Å². The number of aromatic nitrogens is 3. The Hall–Kier alpha value is -1.95. The van der Waals surface area contributed by atoms with Gasteiger partial charge in [-0.3, -0.25) is 14.7 Å². The minimum atomic E-state index is -0.233. The van der Waals surface area contributed by atoms with Crippen LogP contribution in [0.15, 0.2) is 18.3 Å². The van der Waals surface area contributed by atoms with Crippen LogP contribution < -0.4 is 5.32 Å². The van der Waals surface area contributed by atoms with Crippen LogP contribution >= 0.6 is 0 Å². The second-order valence-corrected chi connectivity index (χ2v) is 7.00. The van der Waals surface area contributed by atoms with E-state index in [0.717, 1.165) is 24.0 Å². The normalized spacial score (nSPS) is 15.6. The number of pyridine rings is 1. The lowest BCUT2D eigenvalue weighted by molar-refractivity contribution is -0.118. The third-order valence-electron chi connectivity index (χ3n) is 4.00. The van der Waals surface area contributed by atoms with Crippen molar-refractivity contribution >= 4 is 23.0 Å². The van der Waals surface area contributed by atoms with Gasteiger partial charge in [0.1, 0.15) is 5.52 Å². The Balaban J connectivity index is 1.73. The summed E-state index contributed by atoms with van der Waals surface area (Å²) in [6.45, 7) is 6.34. The number of fused-ring (bicyclic) bond motifs is 1. The summed E-state index contributed by atoms with van der Waals surface area (Å²) in [5.74, 6) is 0.522. The number of hydrogen-bond donors (Lipinski definition) is 1. The van der Waals surface area contributed by atoms with Crippen LogP contribution in [0, 0.1) is 0 Å². The van der Waals surface area contributed by atoms with Gasteiger partial charge in [-0.05, 0) is 52.2 Å². The maximum Gasteiger partial charge on any atom is 0.229 e. The first-order valence-electron chi connectivity index (χ1n) is 8.21. The summed E-state index contributed by atoms with van der Waals surface area (Å²) in [5, 5.41) is 2.93. The molecule has 1 aliphatic carbocycles. The Morgan fingerprint density at radius 1 is 1.43 bits per heavy atom. The van der Waals surface area contributed by atoms with Gasteiger partial charge in [-0.1, -0.05) is 0 Å². The highest BCUT2D eigenvalue weighted by Gasteiger charge is 2.26. The maximum absolute atomic E-state index is 12.2. The summed E-state index contributed by atoms with van der Waals surface area (Å²) in [6.07, 6.45) is 5.51. The van der Waals surface area contributed by atoms with Crippen LogP contribution in [0.5, 0.6) is 0 Å². The van der Waals surface area contributed by atoms with E-state index in [2.05, 4.69) is 19.9 Å². The van der Waals surface area contributed by atoms with Crippen molar-refractivity contribution in [2.45, 2.75) is 58.1 Å². The summed E-state index contributed by atoms with van der Waals surface area (Å²) in [7, 11) is 0. The van der Waals surface area contributed by atoms with E-state index in [1.807, 2.05) is 32.9 Å². The molecule has 1 fully saturated rings. The van der Waals surface area contributed by atoms with Crippen molar-refractivity contribution in [3.8, 4) is 0 Å². The molecule has 1 saturated carbocycles. The summed E-state index contributed by atoms with van der Waals surface area (Å²) in [6, 6.07) is 4.18. The highest BCUT2D eigenvalue weighted by atomic mass is 16.5. The van der Waals surface area contributed by atoms with Gasteiger partial charge in [0, 0.05) is 12.2 Å².